The van der Waals surface area contributed by atoms with Gasteiger partial charge in [0.2, 0.25) is 0 Å². The molecule has 2 aromatic carbocycles. The van der Waals surface area contributed by atoms with Crippen LogP contribution in [0.15, 0.2) is 48.5 Å². The van der Waals surface area contributed by atoms with Crippen molar-refractivity contribution in [2.24, 2.45) is 0 Å². The largest absolute Gasteiger partial charge is 0.322 e. The molecule has 6 heteroatoms. The molecule has 25 heavy (non-hydrogen) atoms. The maximum atomic E-state index is 13.0. The average Bonchev–Trinajstić information content (AvgIpc) is 2.85. The fraction of sp³-hybridized carbons (Fsp3) is 0.158. The van der Waals surface area contributed by atoms with E-state index in [-0.39, 0.29) is 16.9 Å². The van der Waals surface area contributed by atoms with Crippen LogP contribution in [0.4, 0.5) is 10.1 Å². The van der Waals surface area contributed by atoms with E-state index < -0.39 is 0 Å². The molecule has 1 N–H and O–H groups in total. The molecule has 4 nitrogen and oxygen atoms in total. The number of carbonyl (C=O) groups is 1. The van der Waals surface area contributed by atoms with Crippen molar-refractivity contribution in [3.8, 4) is 0 Å². The highest BCUT2D eigenvalue weighted by Crippen LogP contribution is 2.22. The minimum Gasteiger partial charge on any atom is -0.322 e. The lowest BCUT2D eigenvalue weighted by molar-refractivity contribution is 0.102. The van der Waals surface area contributed by atoms with Crippen molar-refractivity contribution < 1.29 is 9.18 Å². The molecule has 0 unspecified atom stereocenters. The van der Waals surface area contributed by atoms with Crippen LogP contribution in [-0.2, 0) is 6.54 Å². The molecule has 0 radical (unpaired) electrons. The maximum absolute atomic E-state index is 13.0. The van der Waals surface area contributed by atoms with Gasteiger partial charge in [0, 0.05) is 5.69 Å². The van der Waals surface area contributed by atoms with E-state index in [0.717, 1.165) is 5.56 Å². The van der Waals surface area contributed by atoms with Gasteiger partial charge in [0.1, 0.15) is 11.0 Å². The van der Waals surface area contributed by atoms with Crippen LogP contribution in [-0.4, -0.2) is 15.7 Å². The van der Waals surface area contributed by atoms with Crippen LogP contribution in [0.3, 0.4) is 0 Å². The fourth-order valence-electron chi connectivity index (χ4n) is 2.51. The number of hydrogen-bond donors (Lipinski definition) is 1. The van der Waals surface area contributed by atoms with Crippen molar-refractivity contribution >= 4 is 23.2 Å². The van der Waals surface area contributed by atoms with Gasteiger partial charge in [-0.05, 0) is 43.7 Å². The summed E-state index contributed by atoms with van der Waals surface area (Å²) in [4.78, 5) is 12.5. The first-order chi connectivity index (χ1) is 11.9. The van der Waals surface area contributed by atoms with Gasteiger partial charge < -0.3 is 5.32 Å². The lowest BCUT2D eigenvalue weighted by Crippen LogP contribution is -2.13. The van der Waals surface area contributed by atoms with E-state index >= 15 is 0 Å². The molecule has 0 bridgehead atoms. The summed E-state index contributed by atoms with van der Waals surface area (Å²) < 4.78 is 14.6. The molecule has 0 saturated heterocycles. The second-order valence-corrected chi connectivity index (χ2v) is 6.21. The summed E-state index contributed by atoms with van der Waals surface area (Å²) in [5, 5.41) is 7.35. The molecule has 1 amide bonds. The zero-order valence-corrected chi connectivity index (χ0v) is 14.6. The van der Waals surface area contributed by atoms with Crippen molar-refractivity contribution in [3.05, 3.63) is 81.9 Å². The van der Waals surface area contributed by atoms with Crippen molar-refractivity contribution in [2.75, 3.05) is 5.32 Å². The van der Waals surface area contributed by atoms with Gasteiger partial charge in [-0.15, -0.1) is 0 Å². The van der Waals surface area contributed by atoms with Crippen molar-refractivity contribution in [3.63, 3.8) is 0 Å². The van der Waals surface area contributed by atoms with Crippen LogP contribution in [0.2, 0.25) is 5.15 Å². The zero-order chi connectivity index (χ0) is 18.0. The molecule has 0 atom stereocenters. The number of nitrogens with one attached hydrogen (secondary N) is 1. The number of anilines is 1. The first-order valence-electron chi connectivity index (χ1n) is 7.79. The molecule has 0 aliphatic heterocycles. The average molecular weight is 358 g/mol. The Balaban J connectivity index is 1.82. The van der Waals surface area contributed by atoms with E-state index in [1.807, 2.05) is 31.2 Å². The van der Waals surface area contributed by atoms with E-state index in [1.54, 1.807) is 11.6 Å². The lowest BCUT2D eigenvalue weighted by atomic mass is 10.1. The van der Waals surface area contributed by atoms with Gasteiger partial charge in [-0.3, -0.25) is 4.79 Å². The normalized spacial score (nSPS) is 10.7. The number of rotatable bonds is 4. The Kier molecular flexibility index (Phi) is 4.86. The molecule has 3 rings (SSSR count). The number of nitrogens with zero attached hydrogens (tertiary/aromatic N) is 2. The van der Waals surface area contributed by atoms with E-state index in [4.69, 9.17) is 11.6 Å². The van der Waals surface area contributed by atoms with E-state index in [1.165, 1.54) is 29.8 Å². The quantitative estimate of drug-likeness (QED) is 0.742. The number of hydrogen-bond acceptors (Lipinski definition) is 2. The van der Waals surface area contributed by atoms with Gasteiger partial charge in [-0.2, -0.15) is 5.10 Å². The minimum atomic E-state index is -0.371. The predicted octanol–water partition coefficient (Wildman–Crippen LogP) is 4.59. The molecule has 0 aliphatic carbocycles. The molecule has 1 heterocycles. The Bertz CT molecular complexity index is 902. The number of halogens is 2. The standard InChI is InChI=1S/C19H17ClFN3O/c1-12-3-5-14(6-4-12)11-24-18(20)17(13(2)23-24)19(25)22-16-9-7-15(21)8-10-16/h3-10H,11H2,1-2H3,(H,22,25). The second kappa shape index (κ2) is 7.07. The Morgan fingerprint density at radius 1 is 1.12 bits per heavy atom. The van der Waals surface area contributed by atoms with Crippen LogP contribution in [0.25, 0.3) is 0 Å². The van der Waals surface area contributed by atoms with Crippen LogP contribution >= 0.6 is 11.6 Å². The third kappa shape index (κ3) is 3.88. The number of amides is 1. The highest BCUT2D eigenvalue weighted by molar-refractivity contribution is 6.33. The topological polar surface area (TPSA) is 46.9 Å². The lowest BCUT2D eigenvalue weighted by Gasteiger charge is -2.06. The minimum absolute atomic E-state index is 0.276. The Morgan fingerprint density at radius 3 is 2.40 bits per heavy atom. The molecule has 3 aromatic rings. The number of benzene rings is 2. The number of aryl methyl sites for hydroxylation is 2. The molecule has 128 valence electrons. The summed E-state index contributed by atoms with van der Waals surface area (Å²) in [6, 6.07) is 13.6. The summed E-state index contributed by atoms with van der Waals surface area (Å²) >= 11 is 6.38. The summed E-state index contributed by atoms with van der Waals surface area (Å²) in [6.07, 6.45) is 0. The van der Waals surface area contributed by atoms with Crippen molar-refractivity contribution in [2.45, 2.75) is 20.4 Å². The fourth-order valence-corrected chi connectivity index (χ4v) is 2.83. The van der Waals surface area contributed by atoms with Gasteiger partial charge in [0.25, 0.3) is 5.91 Å². The van der Waals surface area contributed by atoms with Crippen molar-refractivity contribution in [1.29, 1.82) is 0 Å². The molecule has 0 fully saturated rings. The summed E-state index contributed by atoms with van der Waals surface area (Å²) in [5.41, 5.74) is 3.56. The van der Waals surface area contributed by atoms with Crippen molar-refractivity contribution in [1.82, 2.24) is 9.78 Å². The Hall–Kier alpha value is -2.66. The number of aromatic nitrogens is 2. The molecular formula is C19H17ClFN3O. The van der Waals surface area contributed by atoms with Gasteiger partial charge in [0.15, 0.2) is 0 Å². The third-order valence-electron chi connectivity index (χ3n) is 3.85. The second-order valence-electron chi connectivity index (χ2n) is 5.86. The molecular weight excluding hydrogens is 341 g/mol. The SMILES string of the molecule is Cc1ccc(Cn2nc(C)c(C(=O)Nc3ccc(F)cc3)c2Cl)cc1. The van der Waals surface area contributed by atoms with Crippen LogP contribution < -0.4 is 5.32 Å². The first kappa shape index (κ1) is 17.2. The first-order valence-corrected chi connectivity index (χ1v) is 8.17. The van der Waals surface area contributed by atoms with Gasteiger partial charge in [-0.25, -0.2) is 9.07 Å². The predicted molar refractivity (Wildman–Crippen MR) is 96.6 cm³/mol. The summed E-state index contributed by atoms with van der Waals surface area (Å²) in [6.45, 7) is 4.23. The van der Waals surface area contributed by atoms with Gasteiger partial charge in [0.05, 0.1) is 17.8 Å². The van der Waals surface area contributed by atoms with E-state index in [2.05, 4.69) is 10.4 Å². The zero-order valence-electron chi connectivity index (χ0n) is 13.9. The monoisotopic (exact) mass is 357 g/mol. The maximum Gasteiger partial charge on any atom is 0.260 e. The van der Waals surface area contributed by atoms with Gasteiger partial charge >= 0.3 is 0 Å². The molecule has 0 aliphatic rings. The molecule has 0 spiro atoms. The van der Waals surface area contributed by atoms with Crippen LogP contribution in [0, 0.1) is 19.7 Å². The molecule has 1 aromatic heterocycles. The van der Waals surface area contributed by atoms with E-state index in [9.17, 15) is 9.18 Å². The Morgan fingerprint density at radius 2 is 1.76 bits per heavy atom. The molecule has 0 saturated carbocycles. The summed E-state index contributed by atoms with van der Waals surface area (Å²) in [7, 11) is 0. The van der Waals surface area contributed by atoms with Gasteiger partial charge in [-0.1, -0.05) is 41.4 Å². The highest BCUT2D eigenvalue weighted by atomic mass is 35.5. The number of carbonyl (C=O) groups excluding carboxylic acids is 1. The van der Waals surface area contributed by atoms with Crippen LogP contribution in [0.1, 0.15) is 27.2 Å². The smallest absolute Gasteiger partial charge is 0.260 e. The Labute approximate surface area is 150 Å². The van der Waals surface area contributed by atoms with Crippen LogP contribution in [0.5, 0.6) is 0 Å². The summed E-state index contributed by atoms with van der Waals surface area (Å²) in [5.74, 6) is -0.734. The van der Waals surface area contributed by atoms with E-state index in [0.29, 0.717) is 23.5 Å². The highest BCUT2D eigenvalue weighted by Gasteiger charge is 2.20. The third-order valence-corrected chi connectivity index (χ3v) is 4.23.